The van der Waals surface area contributed by atoms with E-state index in [1.807, 2.05) is 6.92 Å². The number of aliphatic hydroxyl groups excluding tert-OH is 1. The van der Waals surface area contributed by atoms with Gasteiger partial charge < -0.3 is 29.5 Å². The second-order valence-electron chi connectivity index (χ2n) is 8.81. The van der Waals surface area contributed by atoms with E-state index >= 15 is 0 Å². The molecule has 2 bridgehead atoms. The summed E-state index contributed by atoms with van der Waals surface area (Å²) in [7, 11) is 1.56. The molecule has 1 aromatic carbocycles. The standard InChI is InChI=1S/C23H30N2O7/c1-4-31-21(29)17-16-20(28)25(12-5-13-26)18(23(16)11-10-22(17,2)32-23)19(27)24-14-6-8-15(30-3)9-7-14/h6-9,16-18,26H,4-5,10-13H2,1-3H3,(H,24,27)/t16-,17+,18?,22-,23?/m0/s1. The molecule has 9 heteroatoms. The number of nitrogens with zero attached hydrogens (tertiary/aromatic N) is 1. The van der Waals surface area contributed by atoms with Gasteiger partial charge in [0, 0.05) is 18.8 Å². The largest absolute Gasteiger partial charge is 0.497 e. The Hall–Kier alpha value is -2.65. The highest BCUT2D eigenvalue weighted by atomic mass is 16.6. The van der Waals surface area contributed by atoms with Crippen LogP contribution < -0.4 is 10.1 Å². The van der Waals surface area contributed by atoms with Crippen LogP contribution in [-0.2, 0) is 23.9 Å². The van der Waals surface area contributed by atoms with Crippen LogP contribution in [0.3, 0.4) is 0 Å². The highest BCUT2D eigenvalue weighted by Crippen LogP contribution is 2.63. The van der Waals surface area contributed by atoms with Gasteiger partial charge in [-0.2, -0.15) is 0 Å². The van der Waals surface area contributed by atoms with Crippen LogP contribution in [0.15, 0.2) is 24.3 Å². The van der Waals surface area contributed by atoms with Gasteiger partial charge in [-0.05, 0) is 57.4 Å². The first kappa shape index (κ1) is 22.5. The summed E-state index contributed by atoms with van der Waals surface area (Å²) in [4.78, 5) is 41.4. The van der Waals surface area contributed by atoms with Crippen molar-refractivity contribution in [3.05, 3.63) is 24.3 Å². The SMILES string of the molecule is CCOC(=O)[C@H]1[C@H]2C(=O)N(CCCO)C(C(=O)Nc3ccc(OC)cc3)C23CC[C@]1(C)O3. The second-order valence-corrected chi connectivity index (χ2v) is 8.81. The van der Waals surface area contributed by atoms with Crippen LogP contribution in [0.4, 0.5) is 5.69 Å². The molecule has 9 nitrogen and oxygen atoms in total. The molecule has 0 aromatic heterocycles. The lowest BCUT2D eigenvalue weighted by molar-refractivity contribution is -0.159. The van der Waals surface area contributed by atoms with Crippen LogP contribution in [-0.4, -0.2) is 71.9 Å². The number of carbonyl (C=O) groups is 3. The Kier molecular flexibility index (Phi) is 5.89. The number of likely N-dealkylation sites (tertiary alicyclic amines) is 1. The number of nitrogens with one attached hydrogen (secondary N) is 1. The number of anilines is 1. The molecule has 2 amide bonds. The number of amides is 2. The average Bonchev–Trinajstić information content (AvgIpc) is 3.33. The van der Waals surface area contributed by atoms with Crippen molar-refractivity contribution in [2.75, 3.05) is 32.2 Å². The van der Waals surface area contributed by atoms with Crippen molar-refractivity contribution in [3.8, 4) is 5.75 Å². The molecule has 1 aromatic rings. The maximum Gasteiger partial charge on any atom is 0.312 e. The summed E-state index contributed by atoms with van der Waals surface area (Å²) >= 11 is 0. The van der Waals surface area contributed by atoms with Gasteiger partial charge in [0.05, 0.1) is 25.2 Å². The molecule has 3 fully saturated rings. The Labute approximate surface area is 187 Å². The van der Waals surface area contributed by atoms with E-state index in [2.05, 4.69) is 5.32 Å². The molecule has 3 aliphatic heterocycles. The Bertz CT molecular complexity index is 904. The van der Waals surface area contributed by atoms with Crippen LogP contribution in [0.1, 0.15) is 33.1 Å². The number of benzene rings is 1. The highest BCUT2D eigenvalue weighted by molar-refractivity contribution is 6.03. The molecule has 0 aliphatic carbocycles. The van der Waals surface area contributed by atoms with E-state index in [0.717, 1.165) is 0 Å². The summed E-state index contributed by atoms with van der Waals surface area (Å²) in [5.74, 6) is -2.03. The number of fused-ring (bicyclic) bond motifs is 1. The molecular formula is C23H30N2O7. The van der Waals surface area contributed by atoms with Crippen LogP contribution in [0, 0.1) is 11.8 Å². The average molecular weight is 447 g/mol. The smallest absolute Gasteiger partial charge is 0.312 e. The van der Waals surface area contributed by atoms with E-state index in [1.54, 1.807) is 38.3 Å². The van der Waals surface area contributed by atoms with Crippen molar-refractivity contribution in [2.24, 2.45) is 11.8 Å². The Morgan fingerprint density at radius 1 is 1.28 bits per heavy atom. The first-order chi connectivity index (χ1) is 15.3. The maximum atomic E-state index is 13.5. The Morgan fingerprint density at radius 3 is 2.62 bits per heavy atom. The Morgan fingerprint density at radius 2 is 2.00 bits per heavy atom. The van der Waals surface area contributed by atoms with Crippen molar-refractivity contribution in [1.29, 1.82) is 0 Å². The molecule has 174 valence electrons. The summed E-state index contributed by atoms with van der Waals surface area (Å²) in [5, 5.41) is 12.2. The molecule has 3 aliphatic rings. The molecular weight excluding hydrogens is 416 g/mol. The van der Waals surface area contributed by atoms with Gasteiger partial charge in [0.1, 0.15) is 23.3 Å². The predicted octanol–water partition coefficient (Wildman–Crippen LogP) is 1.34. The van der Waals surface area contributed by atoms with E-state index in [0.29, 0.717) is 30.7 Å². The molecule has 5 atom stereocenters. The van der Waals surface area contributed by atoms with Gasteiger partial charge in [0.15, 0.2) is 0 Å². The highest BCUT2D eigenvalue weighted by Gasteiger charge is 2.78. The molecule has 3 heterocycles. The first-order valence-electron chi connectivity index (χ1n) is 11.0. The third-order valence-corrected chi connectivity index (χ3v) is 6.98. The predicted molar refractivity (Wildman–Crippen MR) is 114 cm³/mol. The molecule has 3 saturated heterocycles. The van der Waals surface area contributed by atoms with Gasteiger partial charge in [-0.1, -0.05) is 0 Å². The topological polar surface area (TPSA) is 114 Å². The lowest BCUT2D eigenvalue weighted by atomic mass is 9.66. The Balaban J connectivity index is 1.68. The van der Waals surface area contributed by atoms with E-state index in [-0.39, 0.29) is 31.6 Å². The maximum absolute atomic E-state index is 13.5. The summed E-state index contributed by atoms with van der Waals surface area (Å²) in [6.07, 6.45) is 1.37. The van der Waals surface area contributed by atoms with Crippen molar-refractivity contribution in [1.82, 2.24) is 4.90 Å². The lowest BCUT2D eigenvalue weighted by Gasteiger charge is -2.33. The number of rotatable bonds is 8. The molecule has 2 unspecified atom stereocenters. The van der Waals surface area contributed by atoms with Gasteiger partial charge >= 0.3 is 5.97 Å². The zero-order chi connectivity index (χ0) is 23.1. The fourth-order valence-corrected chi connectivity index (χ4v) is 5.68. The van der Waals surface area contributed by atoms with Crippen LogP contribution in [0.5, 0.6) is 5.75 Å². The lowest BCUT2D eigenvalue weighted by Crippen LogP contribution is -2.53. The minimum atomic E-state index is -1.10. The van der Waals surface area contributed by atoms with E-state index < -0.39 is 35.0 Å². The van der Waals surface area contributed by atoms with Crippen molar-refractivity contribution < 1.29 is 33.7 Å². The number of aliphatic hydroxyl groups is 1. The molecule has 1 spiro atoms. The molecule has 32 heavy (non-hydrogen) atoms. The number of hydrogen-bond donors (Lipinski definition) is 2. The summed E-state index contributed by atoms with van der Waals surface area (Å²) in [6.45, 7) is 3.83. The minimum absolute atomic E-state index is 0.117. The zero-order valence-corrected chi connectivity index (χ0v) is 18.6. The number of carbonyl (C=O) groups excluding carboxylic acids is 3. The fourth-order valence-electron chi connectivity index (χ4n) is 5.68. The number of hydrogen-bond acceptors (Lipinski definition) is 7. The number of ether oxygens (including phenoxy) is 3. The minimum Gasteiger partial charge on any atom is -0.497 e. The van der Waals surface area contributed by atoms with Crippen LogP contribution in [0.25, 0.3) is 0 Å². The first-order valence-corrected chi connectivity index (χ1v) is 11.0. The monoisotopic (exact) mass is 446 g/mol. The molecule has 0 radical (unpaired) electrons. The fraction of sp³-hybridized carbons (Fsp3) is 0.609. The van der Waals surface area contributed by atoms with Crippen molar-refractivity contribution in [2.45, 2.75) is 50.4 Å². The molecule has 4 rings (SSSR count). The number of esters is 1. The molecule has 2 N–H and O–H groups in total. The normalized spacial score (nSPS) is 32.7. The van der Waals surface area contributed by atoms with E-state index in [4.69, 9.17) is 14.2 Å². The second kappa shape index (κ2) is 8.37. The third-order valence-electron chi connectivity index (χ3n) is 6.98. The zero-order valence-electron chi connectivity index (χ0n) is 18.6. The van der Waals surface area contributed by atoms with E-state index in [9.17, 15) is 19.5 Å². The number of methoxy groups -OCH3 is 1. The van der Waals surface area contributed by atoms with Crippen molar-refractivity contribution in [3.63, 3.8) is 0 Å². The van der Waals surface area contributed by atoms with Crippen LogP contribution >= 0.6 is 0 Å². The quantitative estimate of drug-likeness (QED) is 0.579. The summed E-state index contributed by atoms with van der Waals surface area (Å²) in [6, 6.07) is 5.99. The van der Waals surface area contributed by atoms with Crippen molar-refractivity contribution >= 4 is 23.5 Å². The van der Waals surface area contributed by atoms with Gasteiger partial charge in [-0.15, -0.1) is 0 Å². The summed E-state index contributed by atoms with van der Waals surface area (Å²) in [5.41, 5.74) is -1.39. The molecule has 0 saturated carbocycles. The summed E-state index contributed by atoms with van der Waals surface area (Å²) < 4.78 is 16.9. The van der Waals surface area contributed by atoms with Crippen LogP contribution in [0.2, 0.25) is 0 Å². The third kappa shape index (κ3) is 3.34. The van der Waals surface area contributed by atoms with Gasteiger partial charge in [-0.3, -0.25) is 14.4 Å². The van der Waals surface area contributed by atoms with E-state index in [1.165, 1.54) is 4.90 Å². The van der Waals surface area contributed by atoms with Gasteiger partial charge in [0.25, 0.3) is 0 Å². The van der Waals surface area contributed by atoms with Gasteiger partial charge in [-0.25, -0.2) is 0 Å². The van der Waals surface area contributed by atoms with Gasteiger partial charge in [0.2, 0.25) is 11.8 Å².